The first kappa shape index (κ1) is 22.5. The number of rotatable bonds is 4. The molecule has 1 aromatic carbocycles. The molecule has 174 valence electrons. The Balaban J connectivity index is 1.48. The van der Waals surface area contributed by atoms with E-state index in [1.807, 2.05) is 0 Å². The molecule has 3 aliphatic rings. The Morgan fingerprint density at radius 2 is 1.97 bits per heavy atom. The molecule has 0 bridgehead atoms. The summed E-state index contributed by atoms with van der Waals surface area (Å²) in [7, 11) is 3.11. The van der Waals surface area contributed by atoms with Gasteiger partial charge in [-0.15, -0.1) is 0 Å². The van der Waals surface area contributed by atoms with E-state index in [0.29, 0.717) is 55.9 Å². The van der Waals surface area contributed by atoms with Gasteiger partial charge in [0.2, 0.25) is 5.91 Å². The minimum absolute atomic E-state index is 0.0572. The lowest BCUT2D eigenvalue weighted by Crippen LogP contribution is -2.53. The Bertz CT molecular complexity index is 868. The van der Waals surface area contributed by atoms with Crippen LogP contribution in [0.25, 0.3) is 0 Å². The summed E-state index contributed by atoms with van der Waals surface area (Å²) < 4.78 is 22.1. The molecule has 0 aliphatic carbocycles. The van der Waals surface area contributed by atoms with Gasteiger partial charge in [0.25, 0.3) is 5.91 Å². The van der Waals surface area contributed by atoms with E-state index in [1.165, 1.54) is 7.11 Å². The van der Waals surface area contributed by atoms with E-state index in [4.69, 9.17) is 18.9 Å². The van der Waals surface area contributed by atoms with Gasteiger partial charge in [0.1, 0.15) is 18.5 Å². The minimum atomic E-state index is -0.339. The molecular weight excluding hydrogens is 416 g/mol. The highest BCUT2D eigenvalue weighted by Crippen LogP contribution is 2.32. The van der Waals surface area contributed by atoms with Gasteiger partial charge in [-0.05, 0) is 43.9 Å². The van der Waals surface area contributed by atoms with Crippen LogP contribution < -0.4 is 10.1 Å². The number of carbonyl (C=O) groups excluding carboxylic acids is 3. The molecule has 32 heavy (non-hydrogen) atoms. The number of nitrogens with zero attached hydrogens (tertiary/aromatic N) is 1. The van der Waals surface area contributed by atoms with Gasteiger partial charge in [-0.1, -0.05) is 0 Å². The van der Waals surface area contributed by atoms with Gasteiger partial charge in [0.15, 0.2) is 0 Å². The number of esters is 1. The van der Waals surface area contributed by atoms with Gasteiger partial charge < -0.3 is 29.2 Å². The number of likely N-dealkylation sites (N-methyl/N-ethyl adjacent to an activating group) is 1. The van der Waals surface area contributed by atoms with Gasteiger partial charge in [-0.25, -0.2) is 0 Å². The van der Waals surface area contributed by atoms with Crippen molar-refractivity contribution in [3.63, 3.8) is 0 Å². The highest BCUT2D eigenvalue weighted by molar-refractivity contribution is 6.00. The number of carbonyl (C=O) groups is 3. The van der Waals surface area contributed by atoms with Gasteiger partial charge in [0, 0.05) is 31.9 Å². The first-order chi connectivity index (χ1) is 15.5. The van der Waals surface area contributed by atoms with Crippen LogP contribution in [0.2, 0.25) is 0 Å². The Kier molecular flexibility index (Phi) is 6.95. The number of benzene rings is 1. The third-order valence-electron chi connectivity index (χ3n) is 6.49. The van der Waals surface area contributed by atoms with Crippen LogP contribution in [0.4, 0.5) is 5.69 Å². The molecule has 1 N–H and O–H groups in total. The predicted molar refractivity (Wildman–Crippen MR) is 115 cm³/mol. The van der Waals surface area contributed by atoms with Crippen molar-refractivity contribution in [1.29, 1.82) is 0 Å². The van der Waals surface area contributed by atoms with Crippen molar-refractivity contribution < 1.29 is 33.3 Å². The monoisotopic (exact) mass is 446 g/mol. The summed E-state index contributed by atoms with van der Waals surface area (Å²) in [5, 5.41) is 2.93. The molecule has 0 radical (unpaired) electrons. The summed E-state index contributed by atoms with van der Waals surface area (Å²) in [5.41, 5.74) is 0.980. The van der Waals surface area contributed by atoms with Crippen LogP contribution in [0.15, 0.2) is 18.2 Å². The number of ether oxygens (including phenoxy) is 4. The van der Waals surface area contributed by atoms with E-state index in [-0.39, 0.29) is 55.0 Å². The Morgan fingerprint density at radius 1 is 1.19 bits per heavy atom. The summed E-state index contributed by atoms with van der Waals surface area (Å²) in [5.74, 6) is -0.197. The van der Waals surface area contributed by atoms with Crippen LogP contribution in [0.5, 0.6) is 5.75 Å². The largest absolute Gasteiger partial charge is 0.490 e. The zero-order valence-corrected chi connectivity index (χ0v) is 18.5. The van der Waals surface area contributed by atoms with Gasteiger partial charge in [-0.2, -0.15) is 0 Å². The second-order valence-corrected chi connectivity index (χ2v) is 8.54. The third-order valence-corrected chi connectivity index (χ3v) is 6.49. The zero-order chi connectivity index (χ0) is 22.7. The van der Waals surface area contributed by atoms with Crippen molar-refractivity contribution >= 4 is 23.5 Å². The maximum atomic E-state index is 13.3. The summed E-state index contributed by atoms with van der Waals surface area (Å²) in [6, 6.07) is 4.96. The van der Waals surface area contributed by atoms with Crippen LogP contribution in [0.1, 0.15) is 42.5 Å². The first-order valence-corrected chi connectivity index (χ1v) is 11.1. The van der Waals surface area contributed by atoms with Crippen molar-refractivity contribution in [2.45, 2.75) is 50.4 Å². The number of anilines is 1. The number of methoxy groups -OCH3 is 1. The fourth-order valence-corrected chi connectivity index (χ4v) is 4.58. The van der Waals surface area contributed by atoms with E-state index in [1.54, 1.807) is 30.1 Å². The average Bonchev–Trinajstić information content (AvgIpc) is 2.82. The summed E-state index contributed by atoms with van der Waals surface area (Å²) in [4.78, 5) is 39.2. The van der Waals surface area contributed by atoms with E-state index >= 15 is 0 Å². The molecule has 2 saturated heterocycles. The fraction of sp³-hybridized carbons (Fsp3) is 0.609. The number of amides is 2. The van der Waals surface area contributed by atoms with Crippen LogP contribution in [-0.4, -0.2) is 74.9 Å². The average molecular weight is 447 g/mol. The molecule has 2 fully saturated rings. The standard InChI is InChI=1S/C23H30N2O7/c1-25-18-5-4-16(12-21(26)29-2)32-20(18)13-31-19-6-3-15(11-17(19)23(25)28)24-22(27)14-7-9-30-10-8-14/h3,6,11,14,16,18,20H,4-5,7-10,12-13H2,1-2H3,(H,24,27)/t16-,18+,20-/m1/s1. The molecule has 0 spiro atoms. The maximum Gasteiger partial charge on any atom is 0.308 e. The molecular formula is C23H30N2O7. The van der Waals surface area contributed by atoms with E-state index in [0.717, 1.165) is 0 Å². The van der Waals surface area contributed by atoms with Crippen molar-refractivity contribution in [2.75, 3.05) is 39.3 Å². The molecule has 3 aliphatic heterocycles. The van der Waals surface area contributed by atoms with E-state index < -0.39 is 0 Å². The van der Waals surface area contributed by atoms with Gasteiger partial charge in [-0.3, -0.25) is 14.4 Å². The molecule has 2 amide bonds. The van der Waals surface area contributed by atoms with Gasteiger partial charge in [0.05, 0.1) is 31.2 Å². The maximum absolute atomic E-state index is 13.3. The van der Waals surface area contributed by atoms with Crippen LogP contribution in [0.3, 0.4) is 0 Å². The fourth-order valence-electron chi connectivity index (χ4n) is 4.58. The zero-order valence-electron chi connectivity index (χ0n) is 18.5. The van der Waals surface area contributed by atoms with Crippen molar-refractivity contribution in [2.24, 2.45) is 5.92 Å². The number of fused-ring (bicyclic) bond motifs is 2. The lowest BCUT2D eigenvalue weighted by molar-refractivity contribution is -0.151. The number of nitrogens with one attached hydrogen (secondary N) is 1. The molecule has 3 heterocycles. The molecule has 1 aromatic rings. The van der Waals surface area contributed by atoms with Crippen molar-refractivity contribution in [3.8, 4) is 5.75 Å². The van der Waals surface area contributed by atoms with Crippen molar-refractivity contribution in [3.05, 3.63) is 23.8 Å². The molecule has 3 atom stereocenters. The Hall–Kier alpha value is -2.65. The Labute approximate surface area is 187 Å². The molecule has 0 aromatic heterocycles. The summed E-state index contributed by atoms with van der Waals surface area (Å²) in [6.07, 6.45) is 2.34. The number of hydrogen-bond donors (Lipinski definition) is 1. The Morgan fingerprint density at radius 3 is 2.72 bits per heavy atom. The number of hydrogen-bond acceptors (Lipinski definition) is 7. The summed E-state index contributed by atoms with van der Waals surface area (Å²) >= 11 is 0. The van der Waals surface area contributed by atoms with Crippen LogP contribution in [0, 0.1) is 5.92 Å². The molecule has 9 nitrogen and oxygen atoms in total. The first-order valence-electron chi connectivity index (χ1n) is 11.1. The van der Waals surface area contributed by atoms with E-state index in [9.17, 15) is 14.4 Å². The quantitative estimate of drug-likeness (QED) is 0.706. The SMILES string of the molecule is COC(=O)C[C@H]1CC[C@H]2[C@@H](COc3ccc(NC(=O)C4CCOCC4)cc3C(=O)N2C)O1. The summed E-state index contributed by atoms with van der Waals surface area (Å²) in [6.45, 7) is 1.44. The van der Waals surface area contributed by atoms with Crippen molar-refractivity contribution in [1.82, 2.24) is 4.90 Å². The second-order valence-electron chi connectivity index (χ2n) is 8.54. The smallest absolute Gasteiger partial charge is 0.308 e. The topological polar surface area (TPSA) is 103 Å². The van der Waals surface area contributed by atoms with E-state index in [2.05, 4.69) is 5.32 Å². The van der Waals surface area contributed by atoms with Gasteiger partial charge >= 0.3 is 5.97 Å². The third kappa shape index (κ3) is 4.88. The molecule has 4 rings (SSSR count). The molecule has 0 unspecified atom stereocenters. The molecule has 9 heteroatoms. The lowest BCUT2D eigenvalue weighted by Gasteiger charge is -2.42. The normalized spacial score (nSPS) is 26.1. The second kappa shape index (κ2) is 9.87. The predicted octanol–water partition coefficient (Wildman–Crippen LogP) is 2.00. The van der Waals surface area contributed by atoms with Crippen LogP contribution >= 0.6 is 0 Å². The lowest BCUT2D eigenvalue weighted by atomic mass is 9.94. The minimum Gasteiger partial charge on any atom is -0.490 e. The highest BCUT2D eigenvalue weighted by Gasteiger charge is 2.39. The molecule has 0 saturated carbocycles. The highest BCUT2D eigenvalue weighted by atomic mass is 16.6. The van der Waals surface area contributed by atoms with Crippen LogP contribution in [-0.2, 0) is 23.8 Å².